The highest BCUT2D eigenvalue weighted by Crippen LogP contribution is 2.42. The van der Waals surface area contributed by atoms with Gasteiger partial charge < -0.3 is 24.5 Å². The molecule has 0 radical (unpaired) electrons. The van der Waals surface area contributed by atoms with Crippen LogP contribution in [0.1, 0.15) is 108 Å². The number of rotatable bonds is 21. The van der Waals surface area contributed by atoms with Crippen LogP contribution in [-0.4, -0.2) is 43.5 Å². The Morgan fingerprint density at radius 1 is 1.00 bits per heavy atom. The van der Waals surface area contributed by atoms with E-state index >= 15 is 0 Å². The minimum Gasteiger partial charge on any atom is -0.382 e. The highest BCUT2D eigenvalue weighted by Gasteiger charge is 2.21. The molecule has 0 aromatic carbocycles. The molecule has 0 aliphatic carbocycles. The molecular weight excluding hydrogens is 465 g/mol. The summed E-state index contributed by atoms with van der Waals surface area (Å²) in [6.45, 7) is 0.692. The predicted octanol–water partition coefficient (Wildman–Crippen LogP) is 6.45. The van der Waals surface area contributed by atoms with Gasteiger partial charge in [-0.25, -0.2) is 15.0 Å². The number of nitrogens with zero attached hydrogens (tertiary/aromatic N) is 4. The molecule has 0 aliphatic heterocycles. The molecule has 0 saturated heterocycles. The lowest BCUT2D eigenvalue weighted by atomic mass is 10.0. The molecule has 200 valence electrons. The number of nitrogen functional groups attached to an aromatic ring is 1. The van der Waals surface area contributed by atoms with E-state index in [4.69, 9.17) is 19.1 Å². The van der Waals surface area contributed by atoms with Gasteiger partial charge in [0, 0.05) is 4.11 Å². The van der Waals surface area contributed by atoms with E-state index in [0.29, 0.717) is 29.9 Å². The van der Waals surface area contributed by atoms with Crippen molar-refractivity contribution in [3.05, 3.63) is 12.7 Å². The third-order valence-corrected chi connectivity index (χ3v) is 7.08. The number of anilines is 1. The smallest absolute Gasteiger partial charge is 0.353 e. The van der Waals surface area contributed by atoms with Crippen LogP contribution in [0.25, 0.3) is 11.2 Å². The summed E-state index contributed by atoms with van der Waals surface area (Å²) < 4.78 is 46.4. The molecule has 2 atom stereocenters. The summed E-state index contributed by atoms with van der Waals surface area (Å²) in [5.74, 6) is 0.306. The van der Waals surface area contributed by atoms with Gasteiger partial charge in [0.25, 0.3) is 0 Å². The molecule has 2 aromatic rings. The van der Waals surface area contributed by atoms with E-state index in [-0.39, 0.29) is 19.1 Å². The van der Waals surface area contributed by atoms with Crippen LogP contribution in [0.5, 0.6) is 0 Å². The Morgan fingerprint density at radius 2 is 1.60 bits per heavy atom. The fraction of sp³-hybridized carbons (Fsp3) is 0.800. The van der Waals surface area contributed by atoms with Crippen LogP contribution in [0.2, 0.25) is 0 Å². The van der Waals surface area contributed by atoms with Gasteiger partial charge in [0.05, 0.1) is 25.6 Å². The van der Waals surface area contributed by atoms with Crippen LogP contribution < -0.4 is 5.73 Å². The summed E-state index contributed by atoms with van der Waals surface area (Å²) in [7, 11) is -3.80. The van der Waals surface area contributed by atoms with Crippen molar-refractivity contribution in [1.29, 1.82) is 0 Å². The zero-order valence-electron chi connectivity index (χ0n) is 24.2. The average molecular weight is 515 g/mol. The fourth-order valence-electron chi connectivity index (χ4n) is 4.00. The van der Waals surface area contributed by atoms with Crippen molar-refractivity contribution in [3.8, 4) is 0 Å². The Morgan fingerprint density at radius 3 is 2.23 bits per heavy atom. The van der Waals surface area contributed by atoms with Crippen molar-refractivity contribution >= 4 is 24.6 Å². The highest BCUT2D eigenvalue weighted by molar-refractivity contribution is 7.52. The highest BCUT2D eigenvalue weighted by atomic mass is 31.2. The van der Waals surface area contributed by atoms with Crippen LogP contribution in [0.4, 0.5) is 5.82 Å². The number of imidazole rings is 1. The third kappa shape index (κ3) is 12.3. The van der Waals surface area contributed by atoms with Gasteiger partial charge in [-0.2, -0.15) is 0 Å². The van der Waals surface area contributed by atoms with Gasteiger partial charge in [0.15, 0.2) is 11.5 Å². The standard InChI is InChI=1S/C25H46N5O4P/c1-3-4-5-6-7-8-9-10-11-12-13-14-15-16-17-34-35(31,32)21-33-22(2)18-30-20-29-23-24(26)27-19-28-25(23)30/h19-20,22H,3-18,21H2,1-2H3,(H,31,32)(H2,26,27,28)/t22-/m1/s1/i1D3. The molecule has 0 saturated carbocycles. The Bertz CT molecular complexity index is 976. The van der Waals surface area contributed by atoms with Crippen molar-refractivity contribution in [3.63, 3.8) is 0 Å². The second-order valence-electron chi connectivity index (χ2n) is 9.25. The van der Waals surface area contributed by atoms with E-state index in [1.165, 1.54) is 51.3 Å². The van der Waals surface area contributed by atoms with Crippen molar-refractivity contribution in [2.45, 2.75) is 116 Å². The van der Waals surface area contributed by atoms with Crippen LogP contribution >= 0.6 is 7.60 Å². The zero-order chi connectivity index (χ0) is 27.9. The van der Waals surface area contributed by atoms with E-state index in [1.54, 1.807) is 10.9 Å². The van der Waals surface area contributed by atoms with Gasteiger partial charge in [-0.1, -0.05) is 90.3 Å². The van der Waals surface area contributed by atoms with Crippen molar-refractivity contribution in [1.82, 2.24) is 19.5 Å². The molecule has 3 N–H and O–H groups in total. The first-order chi connectivity index (χ1) is 18.1. The molecule has 1 unspecified atom stereocenters. The van der Waals surface area contributed by atoms with Crippen molar-refractivity contribution in [2.75, 3.05) is 18.7 Å². The second kappa shape index (κ2) is 17.0. The Hall–Kier alpha value is -1.54. The molecule has 0 aliphatic rings. The quantitative estimate of drug-likeness (QED) is 0.144. The van der Waals surface area contributed by atoms with Gasteiger partial charge in [0.2, 0.25) is 0 Å². The lowest BCUT2D eigenvalue weighted by molar-refractivity contribution is 0.0715. The van der Waals surface area contributed by atoms with Crippen molar-refractivity contribution < 1.29 is 22.8 Å². The van der Waals surface area contributed by atoms with Crippen LogP contribution in [0.15, 0.2) is 12.7 Å². The maximum atomic E-state index is 12.3. The van der Waals surface area contributed by atoms with Crippen LogP contribution in [-0.2, 0) is 20.4 Å². The summed E-state index contributed by atoms with van der Waals surface area (Å²) in [5.41, 5.74) is 6.91. The molecule has 0 amide bonds. The third-order valence-electron chi connectivity index (χ3n) is 6.02. The topological polar surface area (TPSA) is 125 Å². The second-order valence-corrected chi connectivity index (χ2v) is 11.0. The summed E-state index contributed by atoms with van der Waals surface area (Å²) in [6, 6.07) is 0. The molecule has 0 bridgehead atoms. The van der Waals surface area contributed by atoms with Gasteiger partial charge in [0.1, 0.15) is 18.2 Å². The molecule has 0 fully saturated rings. The monoisotopic (exact) mass is 514 g/mol. The molecule has 2 heterocycles. The molecule has 35 heavy (non-hydrogen) atoms. The van der Waals surface area contributed by atoms with E-state index in [0.717, 1.165) is 38.5 Å². The van der Waals surface area contributed by atoms with E-state index < -0.39 is 14.4 Å². The molecule has 2 aromatic heterocycles. The van der Waals surface area contributed by atoms with E-state index in [1.807, 2.05) is 6.92 Å². The molecular formula is C25H46N5O4P. The SMILES string of the molecule is [2H]C([2H])([2H])CCCCCCCCCCCCCCCOP(=O)(O)CO[C@H](C)Cn1cnc2c(N)ncnc21. The molecule has 0 spiro atoms. The molecule has 2 rings (SSSR count). The fourth-order valence-corrected chi connectivity index (χ4v) is 4.93. The summed E-state index contributed by atoms with van der Waals surface area (Å²) in [4.78, 5) is 22.4. The average Bonchev–Trinajstić information content (AvgIpc) is 3.26. The number of unbranched alkanes of at least 4 members (excludes halogenated alkanes) is 12. The van der Waals surface area contributed by atoms with Crippen molar-refractivity contribution in [2.24, 2.45) is 0 Å². The first-order valence-electron chi connectivity index (χ1n) is 14.6. The number of nitrogens with two attached hydrogens (primary N) is 1. The minimum absolute atomic E-state index is 0.250. The number of hydrogen-bond donors (Lipinski definition) is 2. The van der Waals surface area contributed by atoms with Gasteiger partial charge in [-0.05, 0) is 13.3 Å². The molecule has 10 heteroatoms. The van der Waals surface area contributed by atoms with Crippen LogP contribution in [0.3, 0.4) is 0 Å². The molecule has 9 nitrogen and oxygen atoms in total. The minimum atomic E-state index is -3.80. The van der Waals surface area contributed by atoms with Gasteiger partial charge in [-0.15, -0.1) is 0 Å². The predicted molar refractivity (Wildman–Crippen MR) is 141 cm³/mol. The number of hydrogen-bond acceptors (Lipinski definition) is 7. The maximum Gasteiger partial charge on any atom is 0.353 e. The first-order valence-corrected chi connectivity index (χ1v) is 14.8. The van der Waals surface area contributed by atoms with E-state index in [9.17, 15) is 9.46 Å². The zero-order valence-corrected chi connectivity index (χ0v) is 22.1. The summed E-state index contributed by atoms with van der Waals surface area (Å²) in [5, 5.41) is 0. The number of ether oxygens (including phenoxy) is 1. The van der Waals surface area contributed by atoms with Crippen LogP contribution in [0, 0.1) is 0 Å². The van der Waals surface area contributed by atoms with E-state index in [2.05, 4.69) is 15.0 Å². The Balaban J connectivity index is 1.41. The van der Waals surface area contributed by atoms with Gasteiger partial charge in [-0.3, -0.25) is 4.57 Å². The normalized spacial score (nSPS) is 16.0. The number of fused-ring (bicyclic) bond motifs is 1. The number of aromatic nitrogens is 4. The first kappa shape index (κ1) is 25.1. The summed E-state index contributed by atoms with van der Waals surface area (Å²) in [6.07, 6.45) is 17.0. The summed E-state index contributed by atoms with van der Waals surface area (Å²) >= 11 is 0. The Labute approximate surface area is 215 Å². The largest absolute Gasteiger partial charge is 0.382 e. The lowest BCUT2D eigenvalue weighted by Gasteiger charge is -2.17. The maximum absolute atomic E-state index is 12.3. The lowest BCUT2D eigenvalue weighted by Crippen LogP contribution is -2.17. The van der Waals surface area contributed by atoms with Gasteiger partial charge >= 0.3 is 7.60 Å². The Kier molecular flexibility index (Phi) is 12.2.